The van der Waals surface area contributed by atoms with Gasteiger partial charge in [0.05, 0.1) is 14.2 Å². The summed E-state index contributed by atoms with van der Waals surface area (Å²) in [6, 6.07) is 1.61. The Morgan fingerprint density at radius 3 is 2.22 bits per heavy atom. The zero-order valence-electron chi connectivity index (χ0n) is 15.1. The van der Waals surface area contributed by atoms with E-state index < -0.39 is 0 Å². The largest absolute Gasteiger partial charge is 0.502 e. The van der Waals surface area contributed by atoms with Crippen LogP contribution in [-0.2, 0) is 5.41 Å². The second-order valence-corrected chi connectivity index (χ2v) is 5.99. The maximum absolute atomic E-state index is 11.7. The van der Waals surface area contributed by atoms with E-state index in [0.717, 1.165) is 50.4 Å². The fourth-order valence-corrected chi connectivity index (χ4v) is 3.43. The van der Waals surface area contributed by atoms with Crippen LogP contribution in [0.5, 0.6) is 17.2 Å². The zero-order valence-corrected chi connectivity index (χ0v) is 15.1. The molecule has 4 heteroatoms. The predicted molar refractivity (Wildman–Crippen MR) is 93.0 cm³/mol. The van der Waals surface area contributed by atoms with Crippen molar-refractivity contribution >= 4 is 6.29 Å². The summed E-state index contributed by atoms with van der Waals surface area (Å²) in [4.78, 5) is 11.7. The predicted octanol–water partition coefficient (Wildman–Crippen LogP) is 4.86. The Hall–Kier alpha value is -1.71. The molecule has 0 unspecified atom stereocenters. The van der Waals surface area contributed by atoms with Gasteiger partial charge in [0.1, 0.15) is 0 Å². The molecule has 1 rings (SSSR count). The number of rotatable bonds is 10. The molecule has 0 aliphatic heterocycles. The van der Waals surface area contributed by atoms with Crippen LogP contribution in [0.2, 0.25) is 0 Å². The summed E-state index contributed by atoms with van der Waals surface area (Å²) in [5, 5.41) is 10.4. The number of hydrogen-bond donors (Lipinski definition) is 1. The molecule has 0 bridgehead atoms. The van der Waals surface area contributed by atoms with Gasteiger partial charge < -0.3 is 14.6 Å². The second-order valence-electron chi connectivity index (χ2n) is 5.99. The molecule has 4 nitrogen and oxygen atoms in total. The van der Waals surface area contributed by atoms with Crippen LogP contribution in [0.15, 0.2) is 6.07 Å². The van der Waals surface area contributed by atoms with E-state index in [9.17, 15) is 9.90 Å². The van der Waals surface area contributed by atoms with E-state index in [1.54, 1.807) is 6.07 Å². The lowest BCUT2D eigenvalue weighted by Crippen LogP contribution is -2.27. The molecular weight excluding hydrogens is 292 g/mol. The zero-order chi connectivity index (χ0) is 17.5. The number of carbonyl (C=O) groups excluding carboxylic acids is 1. The van der Waals surface area contributed by atoms with Gasteiger partial charge in [-0.3, -0.25) is 4.79 Å². The van der Waals surface area contributed by atoms with Gasteiger partial charge in [0.2, 0.25) is 5.75 Å². The Morgan fingerprint density at radius 2 is 1.78 bits per heavy atom. The number of unbranched alkanes of at least 4 members (excludes halogenated alkanes) is 2. The number of carbonyl (C=O) groups is 1. The molecular formula is C19H30O4. The van der Waals surface area contributed by atoms with E-state index in [-0.39, 0.29) is 16.9 Å². The van der Waals surface area contributed by atoms with Gasteiger partial charge in [-0.15, -0.1) is 0 Å². The number of ether oxygens (including phenoxy) is 2. The van der Waals surface area contributed by atoms with Gasteiger partial charge in [-0.05, 0) is 30.7 Å². The van der Waals surface area contributed by atoms with Crippen LogP contribution in [0, 0.1) is 0 Å². The second kappa shape index (κ2) is 8.80. The van der Waals surface area contributed by atoms with Crippen molar-refractivity contribution in [2.45, 2.75) is 64.7 Å². The van der Waals surface area contributed by atoms with E-state index in [0.29, 0.717) is 11.3 Å². The smallest absolute Gasteiger partial charge is 0.201 e. The van der Waals surface area contributed by atoms with Crippen molar-refractivity contribution in [2.24, 2.45) is 0 Å². The summed E-state index contributed by atoms with van der Waals surface area (Å²) in [6.07, 6.45) is 6.97. The summed E-state index contributed by atoms with van der Waals surface area (Å²) in [5.74, 6) is 0.603. The van der Waals surface area contributed by atoms with Gasteiger partial charge in [-0.1, -0.05) is 40.0 Å². The molecule has 0 aliphatic carbocycles. The van der Waals surface area contributed by atoms with Gasteiger partial charge in [-0.25, -0.2) is 0 Å². The van der Waals surface area contributed by atoms with Crippen LogP contribution in [0.3, 0.4) is 0 Å². The van der Waals surface area contributed by atoms with Crippen LogP contribution < -0.4 is 9.47 Å². The van der Waals surface area contributed by atoms with Crippen molar-refractivity contribution in [1.82, 2.24) is 0 Å². The minimum Gasteiger partial charge on any atom is -0.502 e. The molecule has 0 aliphatic rings. The van der Waals surface area contributed by atoms with E-state index in [2.05, 4.69) is 20.8 Å². The Kier molecular flexibility index (Phi) is 7.40. The van der Waals surface area contributed by atoms with Crippen LogP contribution in [0.25, 0.3) is 0 Å². The highest BCUT2D eigenvalue weighted by Gasteiger charge is 2.35. The Bertz CT molecular complexity index is 519. The number of hydrogen-bond acceptors (Lipinski definition) is 4. The van der Waals surface area contributed by atoms with Gasteiger partial charge in [0, 0.05) is 11.1 Å². The van der Waals surface area contributed by atoms with Crippen LogP contribution >= 0.6 is 0 Å². The lowest BCUT2D eigenvalue weighted by atomic mass is 9.70. The summed E-state index contributed by atoms with van der Waals surface area (Å²) in [5.41, 5.74) is 1.17. The lowest BCUT2D eigenvalue weighted by molar-refractivity contribution is 0.111. The van der Waals surface area contributed by atoms with E-state index in [1.807, 2.05) is 0 Å². The first-order valence-electron chi connectivity index (χ1n) is 8.48. The molecule has 0 saturated heterocycles. The molecule has 23 heavy (non-hydrogen) atoms. The lowest BCUT2D eigenvalue weighted by Gasteiger charge is -2.35. The molecule has 0 fully saturated rings. The summed E-state index contributed by atoms with van der Waals surface area (Å²) in [6.45, 7) is 6.44. The number of phenolic OH excluding ortho intramolecular Hbond substituents is 1. The first-order valence-corrected chi connectivity index (χ1v) is 8.48. The molecule has 0 amide bonds. The molecule has 1 aromatic carbocycles. The highest BCUT2D eigenvalue weighted by molar-refractivity contribution is 5.83. The van der Waals surface area contributed by atoms with Crippen LogP contribution in [0.4, 0.5) is 0 Å². The first-order chi connectivity index (χ1) is 11.0. The minimum absolute atomic E-state index is 0.0302. The third-order valence-electron chi connectivity index (χ3n) is 4.94. The van der Waals surface area contributed by atoms with Gasteiger partial charge in [-0.2, -0.15) is 0 Å². The highest BCUT2D eigenvalue weighted by Crippen LogP contribution is 2.49. The summed E-state index contributed by atoms with van der Waals surface area (Å²) >= 11 is 0. The Morgan fingerprint density at radius 1 is 1.13 bits per heavy atom. The topological polar surface area (TPSA) is 55.8 Å². The minimum atomic E-state index is -0.180. The molecule has 0 spiro atoms. The van der Waals surface area contributed by atoms with E-state index >= 15 is 0 Å². The average molecular weight is 322 g/mol. The first kappa shape index (κ1) is 19.3. The monoisotopic (exact) mass is 322 g/mol. The Balaban J connectivity index is 3.56. The van der Waals surface area contributed by atoms with Gasteiger partial charge in [0.25, 0.3) is 0 Å². The third kappa shape index (κ3) is 3.80. The van der Waals surface area contributed by atoms with Crippen LogP contribution in [0.1, 0.15) is 75.2 Å². The summed E-state index contributed by atoms with van der Waals surface area (Å²) in [7, 11) is 2.99. The highest BCUT2D eigenvalue weighted by atomic mass is 16.5. The van der Waals surface area contributed by atoms with E-state index in [4.69, 9.17) is 9.47 Å². The fraction of sp³-hybridized carbons (Fsp3) is 0.632. The van der Waals surface area contributed by atoms with Crippen LogP contribution in [-0.4, -0.2) is 25.6 Å². The average Bonchev–Trinajstić information content (AvgIpc) is 2.59. The molecule has 1 aromatic rings. The fourth-order valence-electron chi connectivity index (χ4n) is 3.43. The van der Waals surface area contributed by atoms with Crippen molar-refractivity contribution in [3.8, 4) is 17.2 Å². The SMILES string of the molecule is CCCCCC(CC)(CC)c1c(C=O)cc(OC)c(O)c1OC. The number of phenols is 1. The standard InChI is InChI=1S/C19H30O4/c1-6-9-10-11-19(7-2,8-3)16-14(13-20)12-15(22-4)17(21)18(16)23-5/h12-13,21H,6-11H2,1-5H3. The van der Waals surface area contributed by atoms with E-state index in [1.165, 1.54) is 14.2 Å². The maximum atomic E-state index is 11.7. The Labute approximate surface area is 139 Å². The maximum Gasteiger partial charge on any atom is 0.201 e. The quantitative estimate of drug-likeness (QED) is 0.494. The number of benzene rings is 1. The molecule has 0 heterocycles. The molecule has 0 aromatic heterocycles. The molecule has 0 atom stereocenters. The normalized spacial score (nSPS) is 11.3. The van der Waals surface area contributed by atoms with Crippen molar-refractivity contribution in [3.05, 3.63) is 17.2 Å². The molecule has 0 saturated carbocycles. The third-order valence-corrected chi connectivity index (χ3v) is 4.94. The van der Waals surface area contributed by atoms with Crippen molar-refractivity contribution in [2.75, 3.05) is 14.2 Å². The molecule has 0 radical (unpaired) electrons. The van der Waals surface area contributed by atoms with Crippen molar-refractivity contribution < 1.29 is 19.4 Å². The number of aromatic hydroxyl groups is 1. The molecule has 130 valence electrons. The van der Waals surface area contributed by atoms with Gasteiger partial charge in [0.15, 0.2) is 17.8 Å². The van der Waals surface area contributed by atoms with Crippen molar-refractivity contribution in [3.63, 3.8) is 0 Å². The van der Waals surface area contributed by atoms with Gasteiger partial charge >= 0.3 is 0 Å². The summed E-state index contributed by atoms with van der Waals surface area (Å²) < 4.78 is 10.7. The number of aldehydes is 1. The molecule has 1 N–H and O–H groups in total. The van der Waals surface area contributed by atoms with Crippen molar-refractivity contribution in [1.29, 1.82) is 0 Å². The number of methoxy groups -OCH3 is 2.